The lowest BCUT2D eigenvalue weighted by molar-refractivity contribution is -0.123. The quantitative estimate of drug-likeness (QED) is 0.575. The summed E-state index contributed by atoms with van der Waals surface area (Å²) in [7, 11) is 0. The van der Waals surface area contributed by atoms with E-state index < -0.39 is 18.6 Å². The lowest BCUT2D eigenvalue weighted by atomic mass is 10.2. The van der Waals surface area contributed by atoms with Crippen molar-refractivity contribution in [2.24, 2.45) is 0 Å². The van der Waals surface area contributed by atoms with E-state index in [0.717, 1.165) is 6.42 Å². The number of aliphatic hydroxyl groups excluding tert-OH is 1. The fraction of sp³-hybridized carbons (Fsp3) is 0.889. The molecule has 0 aromatic heterocycles. The van der Waals surface area contributed by atoms with Crippen molar-refractivity contribution in [2.45, 2.75) is 38.8 Å². The third-order valence-corrected chi connectivity index (χ3v) is 1.87. The van der Waals surface area contributed by atoms with Gasteiger partial charge in [-0.15, -0.1) is 0 Å². The maximum absolute atomic E-state index is 11.9. The van der Waals surface area contributed by atoms with Gasteiger partial charge in [-0.2, -0.15) is 0 Å². The molecule has 15 heavy (non-hydrogen) atoms. The Bertz CT molecular complexity index is 191. The van der Waals surface area contributed by atoms with Crippen molar-refractivity contribution >= 4 is 5.91 Å². The summed E-state index contributed by atoms with van der Waals surface area (Å²) in [5, 5.41) is 13.9. The van der Waals surface area contributed by atoms with Gasteiger partial charge in [0.2, 0.25) is 5.91 Å². The normalized spacial score (nSPS) is 15.1. The summed E-state index contributed by atoms with van der Waals surface area (Å²) in [5.74, 6) is -0.252. The highest BCUT2D eigenvalue weighted by Crippen LogP contribution is 1.98. The Morgan fingerprint density at radius 2 is 2.07 bits per heavy atom. The van der Waals surface area contributed by atoms with Crippen LogP contribution in [0.5, 0.6) is 0 Å². The zero-order valence-corrected chi connectivity index (χ0v) is 8.96. The number of amides is 1. The van der Waals surface area contributed by atoms with Crippen molar-refractivity contribution in [1.82, 2.24) is 10.6 Å². The molecule has 2 unspecified atom stereocenters. The fourth-order valence-corrected chi connectivity index (χ4v) is 0.881. The molecule has 2 atom stereocenters. The molecule has 0 fully saturated rings. The van der Waals surface area contributed by atoms with E-state index in [1.807, 2.05) is 6.92 Å². The highest BCUT2D eigenvalue weighted by Gasteiger charge is 2.19. The SMILES string of the molecule is CCCNC(=O)C(C)NCC(O)C(F)F. The summed E-state index contributed by atoms with van der Waals surface area (Å²) in [4.78, 5) is 11.2. The van der Waals surface area contributed by atoms with Gasteiger partial charge in [0.1, 0.15) is 6.10 Å². The molecule has 0 bridgehead atoms. The predicted octanol–water partition coefficient (Wildman–Crippen LogP) is 0.117. The van der Waals surface area contributed by atoms with Crippen molar-refractivity contribution in [3.8, 4) is 0 Å². The van der Waals surface area contributed by atoms with Gasteiger partial charge in [-0.1, -0.05) is 6.92 Å². The van der Waals surface area contributed by atoms with Gasteiger partial charge in [-0.25, -0.2) is 8.78 Å². The van der Waals surface area contributed by atoms with E-state index in [0.29, 0.717) is 6.54 Å². The number of hydrogen-bond donors (Lipinski definition) is 3. The van der Waals surface area contributed by atoms with E-state index in [4.69, 9.17) is 5.11 Å². The van der Waals surface area contributed by atoms with Gasteiger partial charge >= 0.3 is 0 Å². The summed E-state index contributed by atoms with van der Waals surface area (Å²) in [6, 6.07) is -0.579. The minimum atomic E-state index is -2.79. The number of alkyl halides is 2. The predicted molar refractivity (Wildman–Crippen MR) is 52.8 cm³/mol. The molecule has 0 radical (unpaired) electrons. The largest absolute Gasteiger partial charge is 0.386 e. The smallest absolute Gasteiger partial charge is 0.265 e. The van der Waals surface area contributed by atoms with Crippen LogP contribution in [0, 0.1) is 0 Å². The average Bonchev–Trinajstić information content (AvgIpc) is 2.21. The number of nitrogens with one attached hydrogen (secondary N) is 2. The third-order valence-electron chi connectivity index (χ3n) is 1.87. The second-order valence-electron chi connectivity index (χ2n) is 3.32. The molecule has 0 heterocycles. The maximum atomic E-state index is 11.9. The van der Waals surface area contributed by atoms with Crippen molar-refractivity contribution in [1.29, 1.82) is 0 Å². The van der Waals surface area contributed by atoms with E-state index in [1.54, 1.807) is 6.92 Å². The Kier molecular flexibility index (Phi) is 7.15. The van der Waals surface area contributed by atoms with Gasteiger partial charge in [0.15, 0.2) is 0 Å². The third kappa shape index (κ3) is 6.35. The van der Waals surface area contributed by atoms with Crippen LogP contribution in [0.3, 0.4) is 0 Å². The average molecular weight is 224 g/mol. The van der Waals surface area contributed by atoms with Crippen LogP contribution in [0.2, 0.25) is 0 Å². The standard InChI is InChI=1S/C9H18F2N2O2/c1-3-4-12-9(15)6(2)13-5-7(14)8(10)11/h6-8,13-14H,3-5H2,1-2H3,(H,12,15). The maximum Gasteiger partial charge on any atom is 0.265 e. The Morgan fingerprint density at radius 1 is 1.47 bits per heavy atom. The van der Waals surface area contributed by atoms with Crippen LogP contribution in [0.1, 0.15) is 20.3 Å². The van der Waals surface area contributed by atoms with Crippen LogP contribution in [-0.2, 0) is 4.79 Å². The number of carbonyl (C=O) groups is 1. The first kappa shape index (κ1) is 14.2. The number of aliphatic hydroxyl groups is 1. The molecule has 3 N–H and O–H groups in total. The summed E-state index contributed by atoms with van der Waals surface area (Å²) >= 11 is 0. The Balaban J connectivity index is 3.72. The molecule has 0 aliphatic carbocycles. The van der Waals surface area contributed by atoms with Gasteiger partial charge < -0.3 is 15.7 Å². The molecule has 0 aliphatic rings. The van der Waals surface area contributed by atoms with Crippen LogP contribution < -0.4 is 10.6 Å². The van der Waals surface area contributed by atoms with E-state index in [-0.39, 0.29) is 12.5 Å². The number of halogens is 2. The molecule has 0 aromatic carbocycles. The lowest BCUT2D eigenvalue weighted by Gasteiger charge is -2.16. The highest BCUT2D eigenvalue weighted by atomic mass is 19.3. The van der Waals surface area contributed by atoms with Crippen molar-refractivity contribution < 1.29 is 18.7 Å². The zero-order valence-electron chi connectivity index (χ0n) is 8.96. The molecule has 0 saturated heterocycles. The molecular weight excluding hydrogens is 206 g/mol. The summed E-state index contributed by atoms with van der Waals surface area (Å²) in [6.07, 6.45) is -3.70. The molecule has 4 nitrogen and oxygen atoms in total. The van der Waals surface area contributed by atoms with Crippen LogP contribution in [0.25, 0.3) is 0 Å². The number of hydrogen-bond acceptors (Lipinski definition) is 3. The first-order valence-corrected chi connectivity index (χ1v) is 4.96. The molecule has 0 saturated carbocycles. The van der Waals surface area contributed by atoms with Crippen molar-refractivity contribution in [2.75, 3.05) is 13.1 Å². The summed E-state index contributed by atoms with van der Waals surface area (Å²) < 4.78 is 23.8. The topological polar surface area (TPSA) is 61.4 Å². The lowest BCUT2D eigenvalue weighted by Crippen LogP contribution is -2.46. The molecular formula is C9H18F2N2O2. The van der Waals surface area contributed by atoms with Crippen LogP contribution >= 0.6 is 0 Å². The highest BCUT2D eigenvalue weighted by molar-refractivity contribution is 5.81. The number of carbonyl (C=O) groups excluding carboxylic acids is 1. The molecule has 0 aliphatic heterocycles. The first-order valence-electron chi connectivity index (χ1n) is 4.96. The molecule has 0 spiro atoms. The van der Waals surface area contributed by atoms with Gasteiger partial charge in [0, 0.05) is 13.1 Å². The fourth-order valence-electron chi connectivity index (χ4n) is 0.881. The number of rotatable bonds is 7. The molecule has 0 aromatic rings. The van der Waals surface area contributed by atoms with Crippen LogP contribution in [0.4, 0.5) is 8.78 Å². The van der Waals surface area contributed by atoms with Crippen molar-refractivity contribution in [3.05, 3.63) is 0 Å². The second-order valence-corrected chi connectivity index (χ2v) is 3.32. The summed E-state index contributed by atoms with van der Waals surface area (Å²) in [6.45, 7) is 3.74. The van der Waals surface area contributed by atoms with E-state index in [2.05, 4.69) is 10.6 Å². The van der Waals surface area contributed by atoms with E-state index >= 15 is 0 Å². The monoisotopic (exact) mass is 224 g/mol. The van der Waals surface area contributed by atoms with Crippen LogP contribution in [-0.4, -0.2) is 42.7 Å². The van der Waals surface area contributed by atoms with Gasteiger partial charge in [0.05, 0.1) is 6.04 Å². The summed E-state index contributed by atoms with van der Waals surface area (Å²) in [5.41, 5.74) is 0. The second kappa shape index (κ2) is 7.53. The van der Waals surface area contributed by atoms with Gasteiger partial charge in [0.25, 0.3) is 6.43 Å². The van der Waals surface area contributed by atoms with Gasteiger partial charge in [-0.05, 0) is 13.3 Å². The van der Waals surface area contributed by atoms with Crippen molar-refractivity contribution in [3.63, 3.8) is 0 Å². The minimum Gasteiger partial charge on any atom is -0.386 e. The molecule has 1 amide bonds. The molecule has 90 valence electrons. The minimum absolute atomic E-state index is 0.252. The Morgan fingerprint density at radius 3 is 2.53 bits per heavy atom. The first-order chi connectivity index (χ1) is 6.99. The zero-order chi connectivity index (χ0) is 11.8. The van der Waals surface area contributed by atoms with E-state index in [9.17, 15) is 13.6 Å². The van der Waals surface area contributed by atoms with Crippen LogP contribution in [0.15, 0.2) is 0 Å². The van der Waals surface area contributed by atoms with E-state index in [1.165, 1.54) is 0 Å². The van der Waals surface area contributed by atoms with Gasteiger partial charge in [-0.3, -0.25) is 4.79 Å². The Labute approximate surface area is 88.0 Å². The molecule has 0 rings (SSSR count). The molecule has 6 heteroatoms. The Hall–Kier alpha value is -0.750.